The van der Waals surface area contributed by atoms with E-state index in [0.717, 1.165) is 66.3 Å². The molecule has 1 unspecified atom stereocenters. The smallest absolute Gasteiger partial charge is 0.172 e. The van der Waals surface area contributed by atoms with Gasteiger partial charge in [-0.2, -0.15) is 0 Å². The van der Waals surface area contributed by atoms with Gasteiger partial charge in [-0.1, -0.05) is 11.2 Å². The Labute approximate surface area is 215 Å². The summed E-state index contributed by atoms with van der Waals surface area (Å²) >= 11 is 0. The number of benzene rings is 2. The first-order valence-corrected chi connectivity index (χ1v) is 12.8. The number of ether oxygens (including phenoxy) is 1. The number of methoxy groups -OCH3 is 1. The number of imidazole rings is 1. The van der Waals surface area contributed by atoms with Crippen LogP contribution in [-0.2, 0) is 4.84 Å². The third kappa shape index (κ3) is 4.38. The second-order valence-electron chi connectivity index (χ2n) is 10.2. The number of fused-ring (bicyclic) bond motifs is 1. The van der Waals surface area contributed by atoms with Crippen molar-refractivity contribution < 1.29 is 18.4 Å². The molecule has 3 aromatic rings. The van der Waals surface area contributed by atoms with Gasteiger partial charge in [0.2, 0.25) is 0 Å². The third-order valence-corrected chi connectivity index (χ3v) is 7.58. The van der Waals surface area contributed by atoms with E-state index in [9.17, 15) is 8.78 Å². The maximum absolute atomic E-state index is 14.6. The van der Waals surface area contributed by atoms with Crippen LogP contribution < -0.4 is 4.74 Å². The molecular weight excluding hydrogens is 474 g/mol. The van der Waals surface area contributed by atoms with Crippen molar-refractivity contribution in [2.45, 2.75) is 51.7 Å². The number of oxime groups is 1. The van der Waals surface area contributed by atoms with Crippen LogP contribution in [0.15, 0.2) is 53.6 Å². The summed E-state index contributed by atoms with van der Waals surface area (Å²) in [6, 6.07) is 8.69. The Morgan fingerprint density at radius 3 is 2.57 bits per heavy atom. The van der Waals surface area contributed by atoms with Gasteiger partial charge in [0.05, 0.1) is 30.9 Å². The number of hydrogen-bond donors (Lipinski definition) is 0. The van der Waals surface area contributed by atoms with Gasteiger partial charge in [-0.3, -0.25) is 0 Å². The van der Waals surface area contributed by atoms with Crippen molar-refractivity contribution in [3.63, 3.8) is 0 Å². The molecule has 3 heterocycles. The average Bonchev–Trinajstić information content (AvgIpc) is 3.66. The van der Waals surface area contributed by atoms with Crippen LogP contribution in [0.5, 0.6) is 5.75 Å². The summed E-state index contributed by atoms with van der Waals surface area (Å²) in [5, 5.41) is 4.56. The molecular formula is C29H30F2N4O2. The van der Waals surface area contributed by atoms with Gasteiger partial charge in [0.15, 0.2) is 11.9 Å². The molecule has 8 heteroatoms. The van der Waals surface area contributed by atoms with Gasteiger partial charge in [0, 0.05) is 24.2 Å². The van der Waals surface area contributed by atoms with Crippen molar-refractivity contribution in [3.05, 3.63) is 82.4 Å². The highest BCUT2D eigenvalue weighted by Crippen LogP contribution is 2.46. The summed E-state index contributed by atoms with van der Waals surface area (Å²) in [4.78, 5) is 12.6. The molecule has 1 saturated carbocycles. The second kappa shape index (κ2) is 9.32. The zero-order valence-corrected chi connectivity index (χ0v) is 21.2. The van der Waals surface area contributed by atoms with Crippen molar-refractivity contribution in [2.75, 3.05) is 13.7 Å². The van der Waals surface area contributed by atoms with Gasteiger partial charge in [0.25, 0.3) is 0 Å². The van der Waals surface area contributed by atoms with Gasteiger partial charge < -0.3 is 19.0 Å². The minimum Gasteiger partial charge on any atom is -0.495 e. The Bertz CT molecular complexity index is 1390. The van der Waals surface area contributed by atoms with E-state index in [-0.39, 0.29) is 17.7 Å². The summed E-state index contributed by atoms with van der Waals surface area (Å²) in [5.74, 6) is 0.769. The van der Waals surface area contributed by atoms with E-state index >= 15 is 0 Å². The zero-order valence-electron chi connectivity index (χ0n) is 21.2. The molecule has 0 bridgehead atoms. The molecule has 2 aliphatic heterocycles. The number of piperidine rings is 1. The van der Waals surface area contributed by atoms with E-state index in [1.807, 2.05) is 35.9 Å². The molecule has 0 radical (unpaired) electrons. The molecule has 2 aromatic carbocycles. The standard InChI is InChI=1S/C29H30F2N4O2/c1-17-15-34(16-32-17)25-9-6-19(12-26(25)36-3)11-21-5-4-10-35-27(22-13-23(30)18(2)24(31)14-22)28(20-7-8-20)37-33-29(21)35/h6,9,11-16,20,27-28H,4-5,7-8,10H2,1-3H3/b21-11+/t27-,28?/m0/s1. The fraction of sp³-hybridized carbons (Fsp3) is 0.379. The summed E-state index contributed by atoms with van der Waals surface area (Å²) in [7, 11) is 1.66. The van der Waals surface area contributed by atoms with Gasteiger partial charge >= 0.3 is 0 Å². The Hall–Kier alpha value is -3.68. The SMILES string of the molecule is COc1cc(/C=C2\CCCN3C2=NOC(C2CC2)[C@@H]3c2cc(F)c(C)c(F)c2)ccc1-n1cnc(C)c1. The Kier molecular flexibility index (Phi) is 5.97. The summed E-state index contributed by atoms with van der Waals surface area (Å²) in [6.07, 6.45) is 9.44. The minimum atomic E-state index is -0.526. The predicted molar refractivity (Wildman–Crippen MR) is 138 cm³/mol. The lowest BCUT2D eigenvalue weighted by atomic mass is 9.90. The first-order valence-electron chi connectivity index (χ1n) is 12.8. The highest BCUT2D eigenvalue weighted by Gasteiger charge is 2.47. The highest BCUT2D eigenvalue weighted by atomic mass is 19.1. The summed E-state index contributed by atoms with van der Waals surface area (Å²) < 4.78 is 36.8. The fourth-order valence-corrected chi connectivity index (χ4v) is 5.43. The summed E-state index contributed by atoms with van der Waals surface area (Å²) in [5.41, 5.74) is 4.49. The number of aryl methyl sites for hydroxylation is 1. The van der Waals surface area contributed by atoms with Crippen LogP contribution in [0.1, 0.15) is 54.1 Å². The predicted octanol–water partition coefficient (Wildman–Crippen LogP) is 6.12. The van der Waals surface area contributed by atoms with Crippen LogP contribution in [0.4, 0.5) is 8.78 Å². The zero-order chi connectivity index (χ0) is 25.7. The van der Waals surface area contributed by atoms with Crippen LogP contribution >= 0.6 is 0 Å². The van der Waals surface area contributed by atoms with E-state index in [4.69, 9.17) is 9.57 Å². The minimum absolute atomic E-state index is 0.0415. The summed E-state index contributed by atoms with van der Waals surface area (Å²) in [6.45, 7) is 4.17. The molecule has 6 nitrogen and oxygen atoms in total. The lowest BCUT2D eigenvalue weighted by Crippen LogP contribution is -2.49. The quantitative estimate of drug-likeness (QED) is 0.420. The van der Waals surface area contributed by atoms with E-state index in [1.165, 1.54) is 19.1 Å². The molecule has 0 amide bonds. The number of hydrogen-bond acceptors (Lipinski definition) is 5. The van der Waals surface area contributed by atoms with Crippen LogP contribution in [-0.4, -0.2) is 40.0 Å². The van der Waals surface area contributed by atoms with Crippen molar-refractivity contribution >= 4 is 11.9 Å². The second-order valence-corrected chi connectivity index (χ2v) is 10.2. The molecule has 1 saturated heterocycles. The number of halogens is 2. The van der Waals surface area contributed by atoms with Gasteiger partial charge in [-0.05, 0) is 86.6 Å². The monoisotopic (exact) mass is 504 g/mol. The molecule has 2 atom stereocenters. The Balaban J connectivity index is 1.36. The van der Waals surface area contributed by atoms with Crippen LogP contribution in [0.25, 0.3) is 11.8 Å². The number of aromatic nitrogens is 2. The van der Waals surface area contributed by atoms with E-state index in [2.05, 4.69) is 21.1 Å². The van der Waals surface area contributed by atoms with E-state index in [0.29, 0.717) is 11.5 Å². The van der Waals surface area contributed by atoms with Crippen molar-refractivity contribution in [1.29, 1.82) is 0 Å². The normalized spacial score (nSPS) is 22.5. The third-order valence-electron chi connectivity index (χ3n) is 7.58. The van der Waals surface area contributed by atoms with Gasteiger partial charge in [-0.15, -0.1) is 0 Å². The topological polar surface area (TPSA) is 51.9 Å². The van der Waals surface area contributed by atoms with Crippen molar-refractivity contribution in [1.82, 2.24) is 14.5 Å². The lowest BCUT2D eigenvalue weighted by Gasteiger charge is -2.44. The molecule has 2 fully saturated rings. The number of amidine groups is 1. The van der Waals surface area contributed by atoms with Crippen LogP contribution in [0.3, 0.4) is 0 Å². The lowest BCUT2D eigenvalue weighted by molar-refractivity contribution is -0.0340. The van der Waals surface area contributed by atoms with Gasteiger partial charge in [0.1, 0.15) is 17.4 Å². The van der Waals surface area contributed by atoms with E-state index in [1.54, 1.807) is 13.4 Å². The largest absolute Gasteiger partial charge is 0.495 e. The van der Waals surface area contributed by atoms with Crippen LogP contribution in [0.2, 0.25) is 0 Å². The van der Waals surface area contributed by atoms with Crippen LogP contribution in [0, 0.1) is 31.4 Å². The molecule has 192 valence electrons. The van der Waals surface area contributed by atoms with E-state index < -0.39 is 11.6 Å². The molecule has 0 spiro atoms. The average molecular weight is 505 g/mol. The maximum Gasteiger partial charge on any atom is 0.172 e. The highest BCUT2D eigenvalue weighted by molar-refractivity contribution is 6.03. The first kappa shape index (κ1) is 23.7. The number of nitrogens with zero attached hydrogens (tertiary/aromatic N) is 4. The fourth-order valence-electron chi connectivity index (χ4n) is 5.43. The van der Waals surface area contributed by atoms with Gasteiger partial charge in [-0.25, -0.2) is 13.8 Å². The molecule has 1 aliphatic carbocycles. The Morgan fingerprint density at radius 1 is 1.11 bits per heavy atom. The molecule has 1 aromatic heterocycles. The molecule has 3 aliphatic rings. The number of rotatable bonds is 5. The van der Waals surface area contributed by atoms with Crippen molar-refractivity contribution in [2.24, 2.45) is 11.1 Å². The first-order chi connectivity index (χ1) is 17.9. The molecule has 6 rings (SSSR count). The maximum atomic E-state index is 14.6. The Morgan fingerprint density at radius 2 is 1.89 bits per heavy atom. The van der Waals surface area contributed by atoms with Crippen molar-refractivity contribution in [3.8, 4) is 11.4 Å². The molecule has 0 N–H and O–H groups in total. The molecule has 37 heavy (non-hydrogen) atoms.